The minimum Gasteiger partial charge on any atom is -0.484 e. The Hall–Kier alpha value is -2.41. The van der Waals surface area contributed by atoms with Gasteiger partial charge in [-0.3, -0.25) is 14.4 Å². The van der Waals surface area contributed by atoms with Crippen LogP contribution in [0.1, 0.15) is 18.4 Å². The maximum atomic E-state index is 10.8. The van der Waals surface area contributed by atoms with Gasteiger partial charge in [-0.05, 0) is 43.0 Å². The molecule has 1 aliphatic heterocycles. The van der Waals surface area contributed by atoms with Gasteiger partial charge in [0.05, 0.1) is 0 Å². The van der Waals surface area contributed by atoms with E-state index >= 15 is 0 Å². The van der Waals surface area contributed by atoms with Crippen LogP contribution in [0.4, 0.5) is 0 Å². The minimum atomic E-state index is -0.465. The molecule has 1 aromatic carbocycles. The van der Waals surface area contributed by atoms with Gasteiger partial charge in [-0.2, -0.15) is 5.10 Å². The molecule has 24 heavy (non-hydrogen) atoms. The van der Waals surface area contributed by atoms with Crippen LogP contribution < -0.4 is 10.5 Å². The molecule has 1 atom stereocenters. The number of nitrogens with two attached hydrogens (primary N) is 1. The molecule has 3 rings (SSSR count). The van der Waals surface area contributed by atoms with E-state index < -0.39 is 5.91 Å². The second-order valence-electron chi connectivity index (χ2n) is 6.26. The van der Waals surface area contributed by atoms with Crippen molar-refractivity contribution in [2.45, 2.75) is 25.9 Å². The first-order valence-electron chi connectivity index (χ1n) is 8.24. The molecule has 1 fully saturated rings. The van der Waals surface area contributed by atoms with Crippen molar-refractivity contribution in [3.8, 4) is 5.75 Å². The summed E-state index contributed by atoms with van der Waals surface area (Å²) in [6, 6.07) is 7.85. The molecule has 0 saturated carbocycles. The number of primary amides is 1. The van der Waals surface area contributed by atoms with Crippen molar-refractivity contribution in [3.63, 3.8) is 0 Å². The highest BCUT2D eigenvalue weighted by atomic mass is 16.5. The Morgan fingerprint density at radius 1 is 1.42 bits per heavy atom. The zero-order valence-electron chi connectivity index (χ0n) is 13.7. The number of benzene rings is 1. The zero-order valence-corrected chi connectivity index (χ0v) is 13.7. The largest absolute Gasteiger partial charge is 0.484 e. The number of hydrogen-bond acceptors (Lipinski definition) is 5. The fraction of sp³-hybridized carbons (Fsp3) is 0.471. The summed E-state index contributed by atoms with van der Waals surface area (Å²) in [4.78, 5) is 17.3. The SMILES string of the molecule is NC(=O)COc1cccc(CN2CCCC(Cn3cncn3)C2)c1. The number of hydrogen-bond donors (Lipinski definition) is 1. The molecule has 2 heterocycles. The number of aromatic nitrogens is 3. The summed E-state index contributed by atoms with van der Waals surface area (Å²) < 4.78 is 7.29. The minimum absolute atomic E-state index is 0.0901. The molecule has 128 valence electrons. The molecule has 0 aliphatic carbocycles. The Balaban J connectivity index is 1.55. The van der Waals surface area contributed by atoms with Gasteiger partial charge in [0.15, 0.2) is 6.61 Å². The molecule has 0 radical (unpaired) electrons. The van der Waals surface area contributed by atoms with Crippen molar-refractivity contribution >= 4 is 5.91 Å². The van der Waals surface area contributed by atoms with Crippen molar-refractivity contribution in [2.75, 3.05) is 19.7 Å². The van der Waals surface area contributed by atoms with Crippen LogP contribution in [0.2, 0.25) is 0 Å². The number of rotatable bonds is 7. The van der Waals surface area contributed by atoms with E-state index in [4.69, 9.17) is 10.5 Å². The van der Waals surface area contributed by atoms with E-state index in [2.05, 4.69) is 21.0 Å². The average molecular weight is 329 g/mol. The highest BCUT2D eigenvalue weighted by Gasteiger charge is 2.20. The van der Waals surface area contributed by atoms with Crippen LogP contribution in [0.25, 0.3) is 0 Å². The van der Waals surface area contributed by atoms with Gasteiger partial charge in [0.1, 0.15) is 18.4 Å². The summed E-state index contributed by atoms with van der Waals surface area (Å²) in [5, 5.41) is 4.20. The smallest absolute Gasteiger partial charge is 0.255 e. The molecule has 1 saturated heterocycles. The van der Waals surface area contributed by atoms with Crippen molar-refractivity contribution in [2.24, 2.45) is 11.7 Å². The van der Waals surface area contributed by atoms with Crippen LogP contribution in [0.15, 0.2) is 36.9 Å². The first kappa shape index (κ1) is 16.4. The lowest BCUT2D eigenvalue weighted by molar-refractivity contribution is -0.119. The van der Waals surface area contributed by atoms with Gasteiger partial charge in [0, 0.05) is 19.6 Å². The second kappa shape index (κ2) is 7.92. The first-order chi connectivity index (χ1) is 11.7. The van der Waals surface area contributed by atoms with Gasteiger partial charge in [0.2, 0.25) is 0 Å². The fourth-order valence-electron chi connectivity index (χ4n) is 3.18. The van der Waals surface area contributed by atoms with Gasteiger partial charge < -0.3 is 10.5 Å². The highest BCUT2D eigenvalue weighted by molar-refractivity contribution is 5.75. The predicted octanol–water partition coefficient (Wildman–Crippen LogP) is 1.05. The third-order valence-electron chi connectivity index (χ3n) is 4.20. The molecule has 1 aromatic heterocycles. The zero-order chi connectivity index (χ0) is 16.8. The lowest BCUT2D eigenvalue weighted by Crippen LogP contribution is -2.36. The normalized spacial score (nSPS) is 18.4. The topological polar surface area (TPSA) is 86.3 Å². The first-order valence-corrected chi connectivity index (χ1v) is 8.24. The van der Waals surface area contributed by atoms with Crippen LogP contribution in [0.5, 0.6) is 5.75 Å². The molecule has 1 aliphatic rings. The van der Waals surface area contributed by atoms with Crippen LogP contribution in [0, 0.1) is 5.92 Å². The Kier molecular flexibility index (Phi) is 5.43. The van der Waals surface area contributed by atoms with E-state index in [0.717, 1.165) is 26.2 Å². The summed E-state index contributed by atoms with van der Waals surface area (Å²) in [6.45, 7) is 3.85. The summed E-state index contributed by atoms with van der Waals surface area (Å²) in [5.41, 5.74) is 6.29. The molecule has 1 amide bonds. The molecular weight excluding hydrogens is 306 g/mol. The monoisotopic (exact) mass is 329 g/mol. The van der Waals surface area contributed by atoms with Crippen LogP contribution in [0.3, 0.4) is 0 Å². The van der Waals surface area contributed by atoms with Gasteiger partial charge in [-0.25, -0.2) is 4.98 Å². The number of amides is 1. The predicted molar refractivity (Wildman–Crippen MR) is 89.2 cm³/mol. The third kappa shape index (κ3) is 4.79. The van der Waals surface area contributed by atoms with E-state index in [1.165, 1.54) is 18.4 Å². The number of carbonyl (C=O) groups is 1. The number of carbonyl (C=O) groups excluding carboxylic acids is 1. The molecule has 7 nitrogen and oxygen atoms in total. The summed E-state index contributed by atoms with van der Waals surface area (Å²) in [5.74, 6) is 0.810. The standard InChI is InChI=1S/C17H23N5O2/c18-17(23)11-24-16-5-1-3-14(7-16)8-21-6-2-4-15(9-21)10-22-13-19-12-20-22/h1,3,5,7,12-13,15H,2,4,6,8-11H2,(H2,18,23). The Labute approximate surface area is 141 Å². The molecule has 0 bridgehead atoms. The number of nitrogens with zero attached hydrogens (tertiary/aromatic N) is 4. The second-order valence-corrected chi connectivity index (χ2v) is 6.26. The molecular formula is C17H23N5O2. The maximum absolute atomic E-state index is 10.8. The van der Waals surface area contributed by atoms with Crippen LogP contribution in [-0.2, 0) is 17.9 Å². The molecule has 7 heteroatoms. The maximum Gasteiger partial charge on any atom is 0.255 e. The lowest BCUT2D eigenvalue weighted by Gasteiger charge is -2.32. The van der Waals surface area contributed by atoms with Gasteiger partial charge in [0.25, 0.3) is 5.91 Å². The van der Waals surface area contributed by atoms with Crippen molar-refractivity contribution in [3.05, 3.63) is 42.5 Å². The fourth-order valence-corrected chi connectivity index (χ4v) is 3.18. The lowest BCUT2D eigenvalue weighted by atomic mass is 9.97. The highest BCUT2D eigenvalue weighted by Crippen LogP contribution is 2.21. The number of ether oxygens (including phenoxy) is 1. The molecule has 0 spiro atoms. The summed E-state index contributed by atoms with van der Waals surface area (Å²) in [7, 11) is 0. The van der Waals surface area contributed by atoms with E-state index in [0.29, 0.717) is 11.7 Å². The quantitative estimate of drug-likeness (QED) is 0.821. The van der Waals surface area contributed by atoms with E-state index in [1.807, 2.05) is 22.9 Å². The molecule has 2 N–H and O–H groups in total. The van der Waals surface area contributed by atoms with E-state index in [-0.39, 0.29) is 6.61 Å². The summed E-state index contributed by atoms with van der Waals surface area (Å²) in [6.07, 6.45) is 5.77. The Morgan fingerprint density at radius 3 is 3.12 bits per heavy atom. The van der Waals surface area contributed by atoms with Crippen LogP contribution >= 0.6 is 0 Å². The van der Waals surface area contributed by atoms with Gasteiger partial charge >= 0.3 is 0 Å². The molecule has 2 aromatic rings. The van der Waals surface area contributed by atoms with Crippen LogP contribution in [-0.4, -0.2) is 45.3 Å². The van der Waals surface area contributed by atoms with Crippen molar-refractivity contribution in [1.82, 2.24) is 19.7 Å². The van der Waals surface area contributed by atoms with E-state index in [1.54, 1.807) is 12.7 Å². The van der Waals surface area contributed by atoms with Crippen molar-refractivity contribution in [1.29, 1.82) is 0 Å². The third-order valence-corrected chi connectivity index (χ3v) is 4.20. The van der Waals surface area contributed by atoms with E-state index in [9.17, 15) is 4.79 Å². The van der Waals surface area contributed by atoms with Gasteiger partial charge in [-0.1, -0.05) is 12.1 Å². The Morgan fingerprint density at radius 2 is 2.33 bits per heavy atom. The summed E-state index contributed by atoms with van der Waals surface area (Å²) >= 11 is 0. The Bertz CT molecular complexity index is 659. The van der Waals surface area contributed by atoms with Crippen molar-refractivity contribution < 1.29 is 9.53 Å². The van der Waals surface area contributed by atoms with Gasteiger partial charge in [-0.15, -0.1) is 0 Å². The molecule has 1 unspecified atom stereocenters. The average Bonchev–Trinajstić information content (AvgIpc) is 3.07. The number of likely N-dealkylation sites (tertiary alicyclic amines) is 1. The number of piperidine rings is 1.